The van der Waals surface area contributed by atoms with Gasteiger partial charge < -0.3 is 10.2 Å². The van der Waals surface area contributed by atoms with Crippen LogP contribution in [-0.2, 0) is 13.1 Å². The number of likely N-dealkylation sites (tertiary alicyclic amines) is 2. The monoisotopic (exact) mass is 352 g/mol. The molecule has 4 heteroatoms. The third-order valence-corrected chi connectivity index (χ3v) is 6.33. The SMILES string of the molecule is OCC12CN(Cc3ccccc3)CC1(CO)CN(Cc1ccccc1)C2. The van der Waals surface area contributed by atoms with E-state index in [2.05, 4.69) is 58.3 Å². The smallest absolute Gasteiger partial charge is 0.0519 e. The number of nitrogens with zero attached hydrogens (tertiary/aromatic N) is 2. The van der Waals surface area contributed by atoms with Crippen molar-refractivity contribution in [1.82, 2.24) is 9.80 Å². The standard InChI is InChI=1S/C22H28N2O2/c25-17-21-13-23(11-19-7-3-1-4-8-19)14-22(21,18-26)16-24(15-21)12-20-9-5-2-6-10-20/h1-10,25-26H,11-18H2. The minimum absolute atomic E-state index is 0.129. The third kappa shape index (κ3) is 3.08. The van der Waals surface area contributed by atoms with Gasteiger partial charge in [0, 0.05) is 50.1 Å². The number of fused-ring (bicyclic) bond motifs is 1. The summed E-state index contributed by atoms with van der Waals surface area (Å²) in [5.41, 5.74) is 2.08. The quantitative estimate of drug-likeness (QED) is 0.835. The van der Waals surface area contributed by atoms with Gasteiger partial charge in [0.1, 0.15) is 0 Å². The molecular formula is C22H28N2O2. The molecule has 26 heavy (non-hydrogen) atoms. The maximum Gasteiger partial charge on any atom is 0.0519 e. The van der Waals surface area contributed by atoms with Gasteiger partial charge in [-0.05, 0) is 11.1 Å². The zero-order chi connectivity index (χ0) is 18.0. The molecule has 2 fully saturated rings. The fraction of sp³-hybridized carbons (Fsp3) is 0.455. The fourth-order valence-electron chi connectivity index (χ4n) is 5.04. The molecule has 4 rings (SSSR count). The molecule has 0 aliphatic carbocycles. The van der Waals surface area contributed by atoms with Gasteiger partial charge in [-0.15, -0.1) is 0 Å². The van der Waals surface area contributed by atoms with Crippen molar-refractivity contribution < 1.29 is 10.2 Å². The van der Waals surface area contributed by atoms with Crippen molar-refractivity contribution >= 4 is 0 Å². The van der Waals surface area contributed by atoms with Crippen LogP contribution in [0.15, 0.2) is 60.7 Å². The molecule has 138 valence electrons. The summed E-state index contributed by atoms with van der Waals surface area (Å²) in [5, 5.41) is 20.7. The second-order valence-electron chi connectivity index (χ2n) is 8.14. The highest BCUT2D eigenvalue weighted by molar-refractivity contribution is 5.20. The summed E-state index contributed by atoms with van der Waals surface area (Å²) >= 11 is 0. The van der Waals surface area contributed by atoms with Gasteiger partial charge in [0.05, 0.1) is 13.2 Å². The summed E-state index contributed by atoms with van der Waals surface area (Å²) < 4.78 is 0. The fourth-order valence-corrected chi connectivity index (χ4v) is 5.04. The van der Waals surface area contributed by atoms with Gasteiger partial charge in [-0.1, -0.05) is 60.7 Å². The summed E-state index contributed by atoms with van der Waals surface area (Å²) in [4.78, 5) is 4.81. The Hall–Kier alpha value is -1.72. The second-order valence-corrected chi connectivity index (χ2v) is 8.14. The number of benzene rings is 2. The number of aliphatic hydroxyl groups excluding tert-OH is 2. The van der Waals surface area contributed by atoms with Crippen LogP contribution in [0.4, 0.5) is 0 Å². The highest BCUT2D eigenvalue weighted by atomic mass is 16.3. The molecule has 2 aromatic carbocycles. The average Bonchev–Trinajstić information content (AvgIpc) is 3.12. The van der Waals surface area contributed by atoms with Crippen LogP contribution >= 0.6 is 0 Å². The molecule has 2 aliphatic rings. The predicted octanol–water partition coefficient (Wildman–Crippen LogP) is 1.98. The van der Waals surface area contributed by atoms with Crippen LogP contribution in [0.25, 0.3) is 0 Å². The topological polar surface area (TPSA) is 46.9 Å². The van der Waals surface area contributed by atoms with Gasteiger partial charge in [0.25, 0.3) is 0 Å². The van der Waals surface area contributed by atoms with Crippen molar-refractivity contribution in [3.8, 4) is 0 Å². The average molecular weight is 352 g/mol. The van der Waals surface area contributed by atoms with Crippen LogP contribution in [0.3, 0.4) is 0 Å². The Kier molecular flexibility index (Phi) is 4.84. The molecule has 0 atom stereocenters. The molecule has 2 N–H and O–H groups in total. The van der Waals surface area contributed by atoms with Gasteiger partial charge in [-0.2, -0.15) is 0 Å². The number of rotatable bonds is 6. The molecule has 2 heterocycles. The predicted molar refractivity (Wildman–Crippen MR) is 102 cm³/mol. The van der Waals surface area contributed by atoms with E-state index in [1.54, 1.807) is 0 Å². The van der Waals surface area contributed by atoms with Crippen LogP contribution in [0.5, 0.6) is 0 Å². The summed E-state index contributed by atoms with van der Waals surface area (Å²) in [5.74, 6) is 0. The van der Waals surface area contributed by atoms with Crippen LogP contribution in [0.2, 0.25) is 0 Å². The Bertz CT molecular complexity index is 644. The molecule has 2 aliphatic heterocycles. The number of aliphatic hydroxyl groups is 2. The zero-order valence-corrected chi connectivity index (χ0v) is 15.2. The van der Waals surface area contributed by atoms with E-state index < -0.39 is 0 Å². The maximum absolute atomic E-state index is 10.3. The van der Waals surface area contributed by atoms with E-state index in [-0.39, 0.29) is 24.0 Å². The summed E-state index contributed by atoms with van der Waals surface area (Å²) in [7, 11) is 0. The molecule has 0 unspecified atom stereocenters. The van der Waals surface area contributed by atoms with Gasteiger partial charge in [-0.3, -0.25) is 9.80 Å². The lowest BCUT2D eigenvalue weighted by molar-refractivity contribution is 0.0250. The highest BCUT2D eigenvalue weighted by Crippen LogP contribution is 2.52. The largest absolute Gasteiger partial charge is 0.396 e. The summed E-state index contributed by atoms with van der Waals surface area (Å²) in [6.07, 6.45) is 0. The molecule has 2 saturated heterocycles. The lowest BCUT2D eigenvalue weighted by Crippen LogP contribution is -2.45. The second kappa shape index (κ2) is 7.12. The molecule has 0 amide bonds. The van der Waals surface area contributed by atoms with Gasteiger partial charge in [0.15, 0.2) is 0 Å². The minimum atomic E-state index is -0.245. The van der Waals surface area contributed by atoms with E-state index in [9.17, 15) is 10.2 Å². The first-order valence-electron chi connectivity index (χ1n) is 9.43. The van der Waals surface area contributed by atoms with E-state index >= 15 is 0 Å². The van der Waals surface area contributed by atoms with E-state index in [1.807, 2.05) is 12.1 Å². The first-order chi connectivity index (χ1) is 12.7. The van der Waals surface area contributed by atoms with Crippen molar-refractivity contribution in [3.63, 3.8) is 0 Å². The Morgan fingerprint density at radius 3 is 1.27 bits per heavy atom. The number of hydrogen-bond acceptors (Lipinski definition) is 4. The van der Waals surface area contributed by atoms with E-state index in [4.69, 9.17) is 0 Å². The van der Waals surface area contributed by atoms with Crippen molar-refractivity contribution in [2.75, 3.05) is 39.4 Å². The Labute approximate surface area is 155 Å². The molecule has 0 aromatic heterocycles. The molecular weight excluding hydrogens is 324 g/mol. The lowest BCUT2D eigenvalue weighted by Gasteiger charge is -2.35. The Balaban J connectivity index is 1.51. The first-order valence-corrected chi connectivity index (χ1v) is 9.43. The van der Waals surface area contributed by atoms with Crippen molar-refractivity contribution in [2.45, 2.75) is 13.1 Å². The zero-order valence-electron chi connectivity index (χ0n) is 15.2. The summed E-state index contributed by atoms with van der Waals surface area (Å²) in [6.45, 7) is 5.36. The van der Waals surface area contributed by atoms with E-state index in [0.29, 0.717) is 0 Å². The van der Waals surface area contributed by atoms with E-state index in [0.717, 1.165) is 39.3 Å². The Morgan fingerprint density at radius 1 is 0.615 bits per heavy atom. The van der Waals surface area contributed by atoms with Crippen LogP contribution in [0.1, 0.15) is 11.1 Å². The van der Waals surface area contributed by atoms with Crippen molar-refractivity contribution in [1.29, 1.82) is 0 Å². The van der Waals surface area contributed by atoms with Gasteiger partial charge in [-0.25, -0.2) is 0 Å². The lowest BCUT2D eigenvalue weighted by atomic mass is 9.69. The molecule has 0 spiro atoms. The maximum atomic E-state index is 10.3. The third-order valence-electron chi connectivity index (χ3n) is 6.33. The Morgan fingerprint density at radius 2 is 0.962 bits per heavy atom. The minimum Gasteiger partial charge on any atom is -0.396 e. The molecule has 0 radical (unpaired) electrons. The first kappa shape index (κ1) is 17.7. The normalized spacial score (nSPS) is 29.2. The van der Waals surface area contributed by atoms with Crippen LogP contribution in [0, 0.1) is 10.8 Å². The highest BCUT2D eigenvalue weighted by Gasteiger charge is 2.62. The van der Waals surface area contributed by atoms with Gasteiger partial charge >= 0.3 is 0 Å². The number of hydrogen-bond donors (Lipinski definition) is 2. The van der Waals surface area contributed by atoms with Crippen LogP contribution in [-0.4, -0.2) is 59.4 Å². The van der Waals surface area contributed by atoms with Crippen molar-refractivity contribution in [3.05, 3.63) is 71.8 Å². The van der Waals surface area contributed by atoms with Gasteiger partial charge in [0.2, 0.25) is 0 Å². The molecule has 2 aromatic rings. The summed E-state index contributed by atoms with van der Waals surface area (Å²) in [6, 6.07) is 20.9. The van der Waals surface area contributed by atoms with E-state index in [1.165, 1.54) is 11.1 Å². The molecule has 4 nitrogen and oxygen atoms in total. The van der Waals surface area contributed by atoms with Crippen molar-refractivity contribution in [2.24, 2.45) is 10.8 Å². The molecule has 0 saturated carbocycles. The molecule has 0 bridgehead atoms. The van der Waals surface area contributed by atoms with Crippen LogP contribution < -0.4 is 0 Å².